The third kappa shape index (κ3) is 5.30. The summed E-state index contributed by atoms with van der Waals surface area (Å²) in [5.74, 6) is 0.835. The molecule has 2 aromatic carbocycles. The Balaban J connectivity index is 1.66. The Hall–Kier alpha value is -2.20. The molecule has 0 saturated carbocycles. The molecule has 116 valence electrons. The molecule has 0 spiro atoms. The summed E-state index contributed by atoms with van der Waals surface area (Å²) in [4.78, 5) is 11.8. The van der Waals surface area contributed by atoms with Gasteiger partial charge in [-0.3, -0.25) is 0 Å². The molecular formula is C17H19ClN2O2. The first kappa shape index (κ1) is 16.2. The van der Waals surface area contributed by atoms with E-state index in [-0.39, 0.29) is 6.03 Å². The monoisotopic (exact) mass is 318 g/mol. The fourth-order valence-electron chi connectivity index (χ4n) is 1.88. The number of urea groups is 1. The highest BCUT2D eigenvalue weighted by atomic mass is 35.5. The highest BCUT2D eigenvalue weighted by molar-refractivity contribution is 6.31. The molecule has 0 aliphatic rings. The van der Waals surface area contributed by atoms with Crippen LogP contribution in [0.3, 0.4) is 0 Å². The number of benzene rings is 2. The summed E-state index contributed by atoms with van der Waals surface area (Å²) in [7, 11) is 0. The minimum atomic E-state index is -0.245. The molecule has 0 atom stereocenters. The first-order valence-electron chi connectivity index (χ1n) is 7.14. The second kappa shape index (κ2) is 8.29. The first-order valence-corrected chi connectivity index (χ1v) is 7.52. The average Bonchev–Trinajstić information content (AvgIpc) is 2.51. The number of para-hydroxylation sites is 1. The highest BCUT2D eigenvalue weighted by Crippen LogP contribution is 2.19. The molecule has 0 bridgehead atoms. The number of hydrogen-bond donors (Lipinski definition) is 2. The normalized spacial score (nSPS) is 10.1. The summed E-state index contributed by atoms with van der Waals surface area (Å²) in [6, 6.07) is 14.7. The van der Waals surface area contributed by atoms with E-state index >= 15 is 0 Å². The van der Waals surface area contributed by atoms with Gasteiger partial charge in [0.2, 0.25) is 0 Å². The van der Waals surface area contributed by atoms with Crippen LogP contribution < -0.4 is 15.4 Å². The van der Waals surface area contributed by atoms with Crippen LogP contribution in [0.1, 0.15) is 12.0 Å². The number of carbonyl (C=O) groups excluding carboxylic acids is 1. The van der Waals surface area contributed by atoms with Crippen LogP contribution in [0.2, 0.25) is 5.02 Å². The quantitative estimate of drug-likeness (QED) is 0.783. The lowest BCUT2D eigenvalue weighted by molar-refractivity contribution is 0.250. The number of rotatable bonds is 6. The maximum Gasteiger partial charge on any atom is 0.319 e. The molecule has 0 aliphatic carbocycles. The van der Waals surface area contributed by atoms with Gasteiger partial charge in [0.25, 0.3) is 0 Å². The van der Waals surface area contributed by atoms with Crippen LogP contribution in [-0.4, -0.2) is 19.2 Å². The van der Waals surface area contributed by atoms with Gasteiger partial charge in [0.05, 0.1) is 6.61 Å². The van der Waals surface area contributed by atoms with Gasteiger partial charge in [0.1, 0.15) is 5.75 Å². The number of nitrogens with one attached hydrogen (secondary N) is 2. The van der Waals surface area contributed by atoms with Crippen LogP contribution >= 0.6 is 11.6 Å². The largest absolute Gasteiger partial charge is 0.494 e. The van der Waals surface area contributed by atoms with Crippen molar-refractivity contribution in [2.45, 2.75) is 13.3 Å². The second-order valence-corrected chi connectivity index (χ2v) is 5.29. The van der Waals surface area contributed by atoms with Crippen LogP contribution in [0.5, 0.6) is 5.75 Å². The van der Waals surface area contributed by atoms with E-state index in [9.17, 15) is 4.79 Å². The average molecular weight is 319 g/mol. The minimum absolute atomic E-state index is 0.245. The lowest BCUT2D eigenvalue weighted by Gasteiger charge is -2.10. The number of carbonyl (C=O) groups is 1. The summed E-state index contributed by atoms with van der Waals surface area (Å²) in [6.07, 6.45) is 0.733. The van der Waals surface area contributed by atoms with Crippen molar-refractivity contribution in [1.82, 2.24) is 5.32 Å². The van der Waals surface area contributed by atoms with Gasteiger partial charge >= 0.3 is 6.03 Å². The fourth-order valence-corrected chi connectivity index (χ4v) is 2.05. The molecule has 4 nitrogen and oxygen atoms in total. The lowest BCUT2D eigenvalue weighted by atomic mass is 10.2. The van der Waals surface area contributed by atoms with Gasteiger partial charge < -0.3 is 15.4 Å². The number of amides is 2. The molecule has 22 heavy (non-hydrogen) atoms. The van der Waals surface area contributed by atoms with E-state index in [4.69, 9.17) is 16.3 Å². The molecule has 2 rings (SSSR count). The Kier molecular flexibility index (Phi) is 6.10. The Morgan fingerprint density at radius 1 is 1.18 bits per heavy atom. The molecule has 0 saturated heterocycles. The van der Waals surface area contributed by atoms with E-state index in [0.717, 1.165) is 17.7 Å². The summed E-state index contributed by atoms with van der Waals surface area (Å²) in [5.41, 5.74) is 1.68. The molecule has 2 amide bonds. The Morgan fingerprint density at radius 2 is 1.95 bits per heavy atom. The summed E-state index contributed by atoms with van der Waals surface area (Å²) >= 11 is 5.92. The maximum absolute atomic E-state index is 11.8. The first-order chi connectivity index (χ1) is 10.6. The van der Waals surface area contributed by atoms with Gasteiger partial charge in [-0.2, -0.15) is 0 Å². The van der Waals surface area contributed by atoms with E-state index in [1.165, 1.54) is 0 Å². The van der Waals surface area contributed by atoms with Gasteiger partial charge in [-0.15, -0.1) is 0 Å². The standard InChI is InChI=1S/C17H19ClN2O2/c1-13-8-9-14(18)12-16(13)20-17(21)19-10-5-11-22-15-6-3-2-4-7-15/h2-4,6-9,12H,5,10-11H2,1H3,(H2,19,20,21). The third-order valence-corrected chi connectivity index (χ3v) is 3.30. The van der Waals surface area contributed by atoms with E-state index < -0.39 is 0 Å². The van der Waals surface area contributed by atoms with Crippen molar-refractivity contribution in [2.75, 3.05) is 18.5 Å². The Morgan fingerprint density at radius 3 is 2.73 bits per heavy atom. The van der Waals surface area contributed by atoms with Crippen molar-refractivity contribution in [3.05, 3.63) is 59.1 Å². The van der Waals surface area contributed by atoms with Crippen LogP contribution in [0.25, 0.3) is 0 Å². The summed E-state index contributed by atoms with van der Waals surface area (Å²) in [5, 5.41) is 6.17. The molecule has 5 heteroatoms. The molecule has 0 aromatic heterocycles. The summed E-state index contributed by atoms with van der Waals surface area (Å²) < 4.78 is 5.55. The van der Waals surface area contributed by atoms with Crippen molar-refractivity contribution >= 4 is 23.3 Å². The zero-order chi connectivity index (χ0) is 15.8. The second-order valence-electron chi connectivity index (χ2n) is 4.86. The van der Waals surface area contributed by atoms with Gasteiger partial charge in [-0.05, 0) is 43.2 Å². The fraction of sp³-hybridized carbons (Fsp3) is 0.235. The number of hydrogen-bond acceptors (Lipinski definition) is 2. The zero-order valence-corrected chi connectivity index (χ0v) is 13.2. The predicted octanol–water partition coefficient (Wildman–Crippen LogP) is 4.24. The predicted molar refractivity (Wildman–Crippen MR) is 89.8 cm³/mol. The Labute approximate surface area is 135 Å². The number of aryl methyl sites for hydroxylation is 1. The van der Waals surface area contributed by atoms with E-state index in [1.807, 2.05) is 43.3 Å². The van der Waals surface area contributed by atoms with E-state index in [2.05, 4.69) is 10.6 Å². The van der Waals surface area contributed by atoms with Crippen LogP contribution in [0.15, 0.2) is 48.5 Å². The lowest BCUT2D eigenvalue weighted by Crippen LogP contribution is -2.30. The van der Waals surface area contributed by atoms with Crippen molar-refractivity contribution < 1.29 is 9.53 Å². The molecule has 2 aromatic rings. The molecule has 0 fully saturated rings. The topological polar surface area (TPSA) is 50.4 Å². The maximum atomic E-state index is 11.8. The highest BCUT2D eigenvalue weighted by Gasteiger charge is 2.04. The van der Waals surface area contributed by atoms with Crippen LogP contribution in [0.4, 0.5) is 10.5 Å². The van der Waals surface area contributed by atoms with Crippen molar-refractivity contribution in [2.24, 2.45) is 0 Å². The minimum Gasteiger partial charge on any atom is -0.494 e. The molecule has 2 N–H and O–H groups in total. The Bertz CT molecular complexity index is 617. The molecule has 0 unspecified atom stereocenters. The zero-order valence-electron chi connectivity index (χ0n) is 12.4. The number of halogens is 1. The third-order valence-electron chi connectivity index (χ3n) is 3.07. The van der Waals surface area contributed by atoms with Gasteiger partial charge in [-0.25, -0.2) is 4.79 Å². The summed E-state index contributed by atoms with van der Waals surface area (Å²) in [6.45, 7) is 3.01. The van der Waals surface area contributed by atoms with Crippen LogP contribution in [-0.2, 0) is 0 Å². The molecule has 0 heterocycles. The van der Waals surface area contributed by atoms with E-state index in [0.29, 0.717) is 23.9 Å². The SMILES string of the molecule is Cc1ccc(Cl)cc1NC(=O)NCCCOc1ccccc1. The van der Waals surface area contributed by atoms with Crippen LogP contribution in [0, 0.1) is 6.92 Å². The molecular weight excluding hydrogens is 300 g/mol. The number of anilines is 1. The van der Waals surface area contributed by atoms with Crippen molar-refractivity contribution in [1.29, 1.82) is 0 Å². The molecule has 0 aliphatic heterocycles. The van der Waals surface area contributed by atoms with Gasteiger partial charge in [0.15, 0.2) is 0 Å². The van der Waals surface area contributed by atoms with E-state index in [1.54, 1.807) is 12.1 Å². The van der Waals surface area contributed by atoms with Gasteiger partial charge in [0, 0.05) is 17.3 Å². The van der Waals surface area contributed by atoms with Crippen molar-refractivity contribution in [3.8, 4) is 5.75 Å². The number of ether oxygens (including phenoxy) is 1. The smallest absolute Gasteiger partial charge is 0.319 e. The van der Waals surface area contributed by atoms with Gasteiger partial charge in [-0.1, -0.05) is 35.9 Å². The molecule has 0 radical (unpaired) electrons. The van der Waals surface area contributed by atoms with Crippen molar-refractivity contribution in [3.63, 3.8) is 0 Å².